The lowest BCUT2D eigenvalue weighted by Gasteiger charge is -1.92. The first-order valence-corrected chi connectivity index (χ1v) is 3.82. The smallest absolute Gasteiger partial charge is 0.135 e. The average molecular weight is 159 g/mol. The minimum absolute atomic E-state index is 0.876. The zero-order chi connectivity index (χ0) is 8.39. The Labute approximate surface area is 70.9 Å². The zero-order valence-corrected chi connectivity index (χ0v) is 6.82. The molecule has 60 valence electrons. The summed E-state index contributed by atoms with van der Waals surface area (Å²) in [6, 6.07) is 5.87. The predicted molar refractivity (Wildman–Crippen MR) is 46.7 cm³/mol. The van der Waals surface area contributed by atoms with E-state index in [0.717, 1.165) is 16.9 Å². The molecule has 2 aromatic heterocycles. The summed E-state index contributed by atoms with van der Waals surface area (Å²) in [5.74, 6) is 0.876. The van der Waals surface area contributed by atoms with Crippen LogP contribution in [-0.2, 0) is 0 Å². The molecule has 2 heteroatoms. The second-order valence-corrected chi connectivity index (χ2v) is 2.73. The van der Waals surface area contributed by atoms with E-state index in [4.69, 9.17) is 4.42 Å². The Morgan fingerprint density at radius 2 is 2.33 bits per heavy atom. The highest BCUT2D eigenvalue weighted by molar-refractivity contribution is 5.56. The monoisotopic (exact) mass is 159 g/mol. The van der Waals surface area contributed by atoms with Gasteiger partial charge < -0.3 is 4.42 Å². The number of rotatable bonds is 1. The summed E-state index contributed by atoms with van der Waals surface area (Å²) in [6.45, 7) is 2.00. The molecular weight excluding hydrogens is 150 g/mol. The van der Waals surface area contributed by atoms with Crippen molar-refractivity contribution in [3.05, 3.63) is 42.4 Å². The molecule has 0 amide bonds. The van der Waals surface area contributed by atoms with Gasteiger partial charge in [-0.2, -0.15) is 0 Å². The lowest BCUT2D eigenvalue weighted by Crippen LogP contribution is -1.73. The van der Waals surface area contributed by atoms with E-state index in [1.54, 1.807) is 18.7 Å². The minimum Gasteiger partial charge on any atom is -0.464 e. The van der Waals surface area contributed by atoms with Gasteiger partial charge in [-0.15, -0.1) is 0 Å². The minimum atomic E-state index is 0.876. The van der Waals surface area contributed by atoms with Crippen LogP contribution in [0.5, 0.6) is 0 Å². The molecule has 0 unspecified atom stereocenters. The van der Waals surface area contributed by atoms with Gasteiger partial charge in [0.2, 0.25) is 0 Å². The van der Waals surface area contributed by atoms with Crippen molar-refractivity contribution >= 4 is 0 Å². The maximum atomic E-state index is 5.31. The molecule has 0 spiro atoms. The van der Waals surface area contributed by atoms with Crippen molar-refractivity contribution < 1.29 is 4.42 Å². The molecule has 0 aliphatic rings. The Balaban J connectivity index is 2.45. The summed E-state index contributed by atoms with van der Waals surface area (Å²) in [6.07, 6.45) is 5.28. The molecule has 0 saturated carbocycles. The SMILES string of the molecule is Cc1coc(-c2cccnc2)c1. The van der Waals surface area contributed by atoms with Gasteiger partial charge >= 0.3 is 0 Å². The molecule has 2 nitrogen and oxygen atoms in total. The largest absolute Gasteiger partial charge is 0.464 e. The third kappa shape index (κ3) is 1.23. The van der Waals surface area contributed by atoms with Crippen molar-refractivity contribution in [2.45, 2.75) is 6.92 Å². The lowest BCUT2D eigenvalue weighted by atomic mass is 10.2. The van der Waals surface area contributed by atoms with Crippen LogP contribution in [0.1, 0.15) is 5.56 Å². The molecule has 2 heterocycles. The molecule has 0 atom stereocenters. The highest BCUT2D eigenvalue weighted by Gasteiger charge is 2.00. The van der Waals surface area contributed by atoms with Crippen LogP contribution in [0.15, 0.2) is 41.3 Å². The molecule has 2 aromatic rings. The molecule has 0 aliphatic heterocycles. The molecular formula is C10H9NO. The van der Waals surface area contributed by atoms with Crippen LogP contribution in [0, 0.1) is 6.92 Å². The fourth-order valence-corrected chi connectivity index (χ4v) is 1.09. The zero-order valence-electron chi connectivity index (χ0n) is 6.82. The summed E-state index contributed by atoms with van der Waals surface area (Å²) in [5, 5.41) is 0. The van der Waals surface area contributed by atoms with E-state index in [0.29, 0.717) is 0 Å². The number of hydrogen-bond acceptors (Lipinski definition) is 2. The van der Waals surface area contributed by atoms with Crippen molar-refractivity contribution in [3.8, 4) is 11.3 Å². The summed E-state index contributed by atoms with van der Waals surface area (Å²) < 4.78 is 5.31. The number of nitrogens with zero attached hydrogens (tertiary/aromatic N) is 1. The molecule has 0 radical (unpaired) electrons. The second-order valence-electron chi connectivity index (χ2n) is 2.73. The quantitative estimate of drug-likeness (QED) is 0.639. The summed E-state index contributed by atoms with van der Waals surface area (Å²) >= 11 is 0. The van der Waals surface area contributed by atoms with Gasteiger partial charge in [0, 0.05) is 18.0 Å². The predicted octanol–water partition coefficient (Wildman–Crippen LogP) is 2.65. The van der Waals surface area contributed by atoms with E-state index in [1.165, 1.54) is 0 Å². The summed E-state index contributed by atoms with van der Waals surface area (Å²) in [7, 11) is 0. The Morgan fingerprint density at radius 3 is 2.92 bits per heavy atom. The molecule has 0 bridgehead atoms. The molecule has 0 saturated heterocycles. The van der Waals surface area contributed by atoms with Gasteiger partial charge in [-0.25, -0.2) is 0 Å². The first-order valence-electron chi connectivity index (χ1n) is 3.82. The maximum absolute atomic E-state index is 5.31. The molecule has 0 aromatic carbocycles. The average Bonchev–Trinajstić information content (AvgIpc) is 2.54. The van der Waals surface area contributed by atoms with Gasteiger partial charge in [0.15, 0.2) is 0 Å². The van der Waals surface area contributed by atoms with Crippen LogP contribution in [0.2, 0.25) is 0 Å². The Hall–Kier alpha value is -1.57. The number of hydrogen-bond donors (Lipinski definition) is 0. The summed E-state index contributed by atoms with van der Waals surface area (Å²) in [5.41, 5.74) is 2.15. The van der Waals surface area contributed by atoms with Gasteiger partial charge in [-0.1, -0.05) is 0 Å². The first kappa shape index (κ1) is 7.10. The van der Waals surface area contributed by atoms with E-state index in [2.05, 4.69) is 4.98 Å². The number of pyridine rings is 1. The Morgan fingerprint density at radius 1 is 1.42 bits per heavy atom. The first-order chi connectivity index (χ1) is 5.86. The maximum Gasteiger partial charge on any atom is 0.135 e. The highest BCUT2D eigenvalue weighted by Crippen LogP contribution is 2.19. The van der Waals surface area contributed by atoms with Gasteiger partial charge in [0.25, 0.3) is 0 Å². The molecule has 12 heavy (non-hydrogen) atoms. The third-order valence-corrected chi connectivity index (χ3v) is 1.68. The van der Waals surface area contributed by atoms with Crippen molar-refractivity contribution in [3.63, 3.8) is 0 Å². The number of furan rings is 1. The Bertz CT molecular complexity index is 364. The van der Waals surface area contributed by atoms with Crippen LogP contribution in [0.4, 0.5) is 0 Å². The molecule has 0 fully saturated rings. The van der Waals surface area contributed by atoms with Crippen LogP contribution in [0.3, 0.4) is 0 Å². The van der Waals surface area contributed by atoms with E-state index < -0.39 is 0 Å². The fourth-order valence-electron chi connectivity index (χ4n) is 1.09. The van der Waals surface area contributed by atoms with E-state index in [-0.39, 0.29) is 0 Å². The van der Waals surface area contributed by atoms with E-state index in [9.17, 15) is 0 Å². The summed E-state index contributed by atoms with van der Waals surface area (Å²) in [4.78, 5) is 4.01. The van der Waals surface area contributed by atoms with Gasteiger partial charge in [0.05, 0.1) is 6.26 Å². The molecule has 2 rings (SSSR count). The van der Waals surface area contributed by atoms with Gasteiger partial charge in [-0.05, 0) is 30.7 Å². The molecule has 0 aliphatic carbocycles. The topological polar surface area (TPSA) is 26.0 Å². The second kappa shape index (κ2) is 2.81. The Kier molecular flexibility index (Phi) is 1.67. The van der Waals surface area contributed by atoms with Crippen molar-refractivity contribution in [1.82, 2.24) is 4.98 Å². The standard InChI is InChI=1S/C10H9NO/c1-8-5-10(12-7-8)9-3-2-4-11-6-9/h2-7H,1H3. The number of aromatic nitrogens is 1. The highest BCUT2D eigenvalue weighted by atomic mass is 16.3. The third-order valence-electron chi connectivity index (χ3n) is 1.68. The van der Waals surface area contributed by atoms with Crippen molar-refractivity contribution in [1.29, 1.82) is 0 Å². The van der Waals surface area contributed by atoms with Crippen molar-refractivity contribution in [2.75, 3.05) is 0 Å². The fraction of sp³-hybridized carbons (Fsp3) is 0.100. The van der Waals surface area contributed by atoms with Gasteiger partial charge in [0.1, 0.15) is 5.76 Å². The van der Waals surface area contributed by atoms with Gasteiger partial charge in [-0.3, -0.25) is 4.98 Å². The van der Waals surface area contributed by atoms with E-state index in [1.807, 2.05) is 25.1 Å². The van der Waals surface area contributed by atoms with Crippen LogP contribution < -0.4 is 0 Å². The van der Waals surface area contributed by atoms with Crippen LogP contribution >= 0.6 is 0 Å². The normalized spacial score (nSPS) is 10.1. The van der Waals surface area contributed by atoms with Crippen molar-refractivity contribution in [2.24, 2.45) is 0 Å². The van der Waals surface area contributed by atoms with Crippen LogP contribution in [0.25, 0.3) is 11.3 Å². The van der Waals surface area contributed by atoms with Crippen LogP contribution in [-0.4, -0.2) is 4.98 Å². The lowest BCUT2D eigenvalue weighted by molar-refractivity contribution is 0.580. The number of aryl methyl sites for hydroxylation is 1. The van der Waals surface area contributed by atoms with E-state index >= 15 is 0 Å². The molecule has 0 N–H and O–H groups in total.